The van der Waals surface area contributed by atoms with Crippen molar-refractivity contribution >= 4 is 17.9 Å². The fourth-order valence-corrected chi connectivity index (χ4v) is 6.48. The van der Waals surface area contributed by atoms with E-state index in [4.69, 9.17) is 18.9 Å². The van der Waals surface area contributed by atoms with Gasteiger partial charge in [0.2, 0.25) is 0 Å². The lowest BCUT2D eigenvalue weighted by molar-refractivity contribution is -0.870. The molecule has 0 bridgehead atoms. The molecule has 9 heteroatoms. The number of ether oxygens (including phenoxy) is 4. The van der Waals surface area contributed by atoms with E-state index in [0.29, 0.717) is 17.4 Å². The average Bonchev–Trinajstić information content (AvgIpc) is 3.21. The van der Waals surface area contributed by atoms with Gasteiger partial charge in [0.15, 0.2) is 12.4 Å². The molecule has 0 aliphatic carbocycles. The van der Waals surface area contributed by atoms with Crippen molar-refractivity contribution < 1.29 is 42.9 Å². The van der Waals surface area contributed by atoms with E-state index >= 15 is 0 Å². The number of quaternary nitrogens is 1. The van der Waals surface area contributed by atoms with Gasteiger partial charge in [-0.05, 0) is 70.6 Å². The van der Waals surface area contributed by atoms with Crippen molar-refractivity contribution in [2.75, 3.05) is 47.5 Å². The zero-order valence-corrected chi connectivity index (χ0v) is 39.3. The number of likely N-dealkylation sites (N-methyl/N-ethyl adjacent to an activating group) is 1. The largest absolute Gasteiger partial charge is 0.545 e. The molecule has 2 unspecified atom stereocenters. The summed E-state index contributed by atoms with van der Waals surface area (Å²) in [4.78, 5) is 37.0. The fraction of sp³-hybridized carbons (Fsp3) is 0.784. The molecule has 60 heavy (non-hydrogen) atoms. The van der Waals surface area contributed by atoms with Crippen molar-refractivity contribution in [2.24, 2.45) is 0 Å². The van der Waals surface area contributed by atoms with Crippen molar-refractivity contribution in [3.8, 4) is 0 Å². The Kier molecular flexibility index (Phi) is 41.0. The zero-order chi connectivity index (χ0) is 44.2. The van der Waals surface area contributed by atoms with Gasteiger partial charge in [-0.3, -0.25) is 9.59 Å². The van der Waals surface area contributed by atoms with Gasteiger partial charge in [0.1, 0.15) is 13.2 Å². The molecular weight excluding hydrogens is 755 g/mol. The van der Waals surface area contributed by atoms with Crippen molar-refractivity contribution in [1.82, 2.24) is 0 Å². The SMILES string of the molecule is CCC/C=C\CCCCCCCC(=O)OCC(COC(OCC[N+](C)(C)C)C(=O)[O-])OC(=O)CCCCCCCCCCCC/C=C\C/C=C\C/C=C\CCCCCCC. The first kappa shape index (κ1) is 57.2. The lowest BCUT2D eigenvalue weighted by Crippen LogP contribution is -2.44. The van der Waals surface area contributed by atoms with Crippen LogP contribution in [0.1, 0.15) is 200 Å². The molecule has 0 spiro atoms. The van der Waals surface area contributed by atoms with Gasteiger partial charge in [-0.2, -0.15) is 0 Å². The summed E-state index contributed by atoms with van der Waals surface area (Å²) in [5.74, 6) is -2.31. The molecule has 0 rings (SSSR count). The fourth-order valence-electron chi connectivity index (χ4n) is 6.48. The Morgan fingerprint density at radius 1 is 0.500 bits per heavy atom. The number of hydrogen-bond acceptors (Lipinski definition) is 8. The second-order valence-corrected chi connectivity index (χ2v) is 17.4. The van der Waals surface area contributed by atoms with Crippen molar-refractivity contribution in [3.63, 3.8) is 0 Å². The summed E-state index contributed by atoms with van der Waals surface area (Å²) in [5.41, 5.74) is 0. The zero-order valence-electron chi connectivity index (χ0n) is 39.3. The maximum atomic E-state index is 12.8. The summed E-state index contributed by atoms with van der Waals surface area (Å²) in [6.45, 7) is 4.65. The van der Waals surface area contributed by atoms with E-state index in [0.717, 1.165) is 83.5 Å². The minimum Gasteiger partial charge on any atom is -0.545 e. The number of carbonyl (C=O) groups excluding carboxylic acids is 3. The van der Waals surface area contributed by atoms with Gasteiger partial charge in [0.25, 0.3) is 0 Å². The van der Waals surface area contributed by atoms with Crippen LogP contribution in [0.5, 0.6) is 0 Å². The molecule has 0 aliphatic rings. The van der Waals surface area contributed by atoms with Crippen molar-refractivity contribution in [3.05, 3.63) is 48.6 Å². The molecule has 2 atom stereocenters. The highest BCUT2D eigenvalue weighted by atomic mass is 16.7. The van der Waals surface area contributed by atoms with E-state index in [1.807, 2.05) is 21.1 Å². The number of nitrogens with zero attached hydrogens (tertiary/aromatic N) is 1. The highest BCUT2D eigenvalue weighted by molar-refractivity contribution is 5.70. The molecule has 0 heterocycles. The quantitative estimate of drug-likeness (QED) is 0.0196. The Hall–Kier alpha value is -2.75. The van der Waals surface area contributed by atoms with Crippen LogP contribution in [-0.2, 0) is 33.3 Å². The minimum atomic E-state index is -1.62. The first-order valence-corrected chi connectivity index (χ1v) is 24.3. The van der Waals surface area contributed by atoms with Crippen LogP contribution < -0.4 is 5.11 Å². The second kappa shape index (κ2) is 42.9. The van der Waals surface area contributed by atoms with Crippen LogP contribution >= 0.6 is 0 Å². The summed E-state index contributed by atoms with van der Waals surface area (Å²) in [6.07, 6.45) is 47.3. The summed E-state index contributed by atoms with van der Waals surface area (Å²) in [6, 6.07) is 0. The van der Waals surface area contributed by atoms with E-state index in [1.54, 1.807) is 0 Å². The van der Waals surface area contributed by atoms with Crippen LogP contribution in [0.15, 0.2) is 48.6 Å². The van der Waals surface area contributed by atoms with Crippen LogP contribution in [0, 0.1) is 0 Å². The number of hydrogen-bond donors (Lipinski definition) is 0. The molecule has 0 amide bonds. The normalized spacial score (nSPS) is 13.3. The van der Waals surface area contributed by atoms with Crippen LogP contribution in [0.4, 0.5) is 0 Å². The molecule has 0 radical (unpaired) electrons. The van der Waals surface area contributed by atoms with Gasteiger partial charge in [-0.25, -0.2) is 0 Å². The molecule has 0 saturated heterocycles. The molecule has 9 nitrogen and oxygen atoms in total. The van der Waals surface area contributed by atoms with Crippen molar-refractivity contribution in [1.29, 1.82) is 0 Å². The van der Waals surface area contributed by atoms with E-state index in [2.05, 4.69) is 62.5 Å². The molecule has 0 fully saturated rings. The number of esters is 2. The average molecular weight is 846 g/mol. The van der Waals surface area contributed by atoms with Gasteiger partial charge < -0.3 is 33.3 Å². The van der Waals surface area contributed by atoms with Crippen molar-refractivity contribution in [2.45, 2.75) is 212 Å². The summed E-state index contributed by atoms with van der Waals surface area (Å²) in [7, 11) is 5.90. The monoisotopic (exact) mass is 846 g/mol. The smallest absolute Gasteiger partial charge is 0.306 e. The lowest BCUT2D eigenvalue weighted by Gasteiger charge is -2.26. The number of carboxylic acid groups (broad SMARTS) is 1. The van der Waals surface area contributed by atoms with Crippen LogP contribution in [0.2, 0.25) is 0 Å². The first-order chi connectivity index (χ1) is 29.1. The maximum absolute atomic E-state index is 12.8. The minimum absolute atomic E-state index is 0.144. The number of carbonyl (C=O) groups is 3. The molecule has 0 N–H and O–H groups in total. The number of allylic oxidation sites excluding steroid dienone is 8. The third-order valence-corrected chi connectivity index (χ3v) is 10.3. The number of unbranched alkanes of at least 4 members (excludes halogenated alkanes) is 21. The number of aliphatic carboxylic acids is 1. The molecule has 0 aromatic heterocycles. The van der Waals surface area contributed by atoms with E-state index in [-0.39, 0.29) is 38.6 Å². The van der Waals surface area contributed by atoms with Gasteiger partial charge in [-0.15, -0.1) is 0 Å². The third-order valence-electron chi connectivity index (χ3n) is 10.3. The van der Waals surface area contributed by atoms with E-state index in [9.17, 15) is 19.5 Å². The highest BCUT2D eigenvalue weighted by Gasteiger charge is 2.21. The summed E-state index contributed by atoms with van der Waals surface area (Å²) >= 11 is 0. The number of rotatable bonds is 44. The van der Waals surface area contributed by atoms with Gasteiger partial charge in [0.05, 0.1) is 40.3 Å². The lowest BCUT2D eigenvalue weighted by atomic mass is 10.0. The predicted octanol–water partition coefficient (Wildman–Crippen LogP) is 11.8. The molecule has 0 aromatic carbocycles. The van der Waals surface area contributed by atoms with Gasteiger partial charge >= 0.3 is 11.9 Å². The van der Waals surface area contributed by atoms with Crippen LogP contribution in [0.3, 0.4) is 0 Å². The summed E-state index contributed by atoms with van der Waals surface area (Å²) < 4.78 is 22.5. The van der Waals surface area contributed by atoms with Crippen LogP contribution in [0.25, 0.3) is 0 Å². The van der Waals surface area contributed by atoms with Crippen LogP contribution in [-0.4, -0.2) is 82.3 Å². The Morgan fingerprint density at radius 2 is 0.933 bits per heavy atom. The Balaban J connectivity index is 4.27. The van der Waals surface area contributed by atoms with E-state index < -0.39 is 24.3 Å². The van der Waals surface area contributed by atoms with Gasteiger partial charge in [0, 0.05) is 12.8 Å². The topological polar surface area (TPSA) is 111 Å². The maximum Gasteiger partial charge on any atom is 0.306 e. The molecule has 0 aliphatic heterocycles. The predicted molar refractivity (Wildman–Crippen MR) is 246 cm³/mol. The molecule has 348 valence electrons. The molecular formula is C51H91NO8. The van der Waals surface area contributed by atoms with Gasteiger partial charge in [-0.1, -0.05) is 165 Å². The standard InChI is InChI=1S/C51H91NO8/c1-6-8-10-12-14-16-18-19-20-21-22-23-24-25-26-27-28-29-30-31-32-34-36-38-40-42-49(54)60-47(46-59-51(50(55)56)57-44-43-52(3,4)5)45-58-48(53)41-39-37-35-33-17-15-13-11-9-7-2/h11,13,18-19,21-22,24-25,47,51H,6-10,12,14-17,20,23,26-46H2,1-5H3/b13-11-,19-18-,22-21-,25-24-. The first-order valence-electron chi connectivity index (χ1n) is 24.3. The Labute approximate surface area is 368 Å². The Morgan fingerprint density at radius 3 is 1.42 bits per heavy atom. The van der Waals surface area contributed by atoms with E-state index in [1.165, 1.54) is 83.5 Å². The number of carboxylic acids is 1. The molecule has 0 saturated carbocycles. The second-order valence-electron chi connectivity index (χ2n) is 17.4. The highest BCUT2D eigenvalue weighted by Crippen LogP contribution is 2.14. The third kappa shape index (κ3) is 43.3. The Bertz CT molecular complexity index is 1120. The molecule has 0 aromatic rings. The summed E-state index contributed by atoms with van der Waals surface area (Å²) in [5, 5.41) is 11.7.